The number of nitrogens with two attached hydrogens (primary N) is 1. The lowest BCUT2D eigenvalue weighted by molar-refractivity contribution is 0.0636. The number of ether oxygens (including phenoxy) is 1. The van der Waals surface area contributed by atoms with Gasteiger partial charge in [-0.15, -0.1) is 0 Å². The fourth-order valence-corrected chi connectivity index (χ4v) is 1.90. The van der Waals surface area contributed by atoms with E-state index in [0.717, 1.165) is 29.7 Å². The summed E-state index contributed by atoms with van der Waals surface area (Å²) in [5.74, 6) is 0. The topological polar surface area (TPSA) is 64.3 Å². The second-order valence-corrected chi connectivity index (χ2v) is 6.31. The van der Waals surface area contributed by atoms with E-state index >= 15 is 0 Å². The Bertz CT molecular complexity index is 499. The first-order valence-corrected chi connectivity index (χ1v) is 6.60. The van der Waals surface area contributed by atoms with Crippen LogP contribution in [0.5, 0.6) is 0 Å². The highest BCUT2D eigenvalue weighted by Crippen LogP contribution is 2.43. The third kappa shape index (κ3) is 3.47. The van der Waals surface area contributed by atoms with Gasteiger partial charge >= 0.3 is 6.09 Å². The van der Waals surface area contributed by atoms with Gasteiger partial charge in [-0.05, 0) is 57.7 Å². The summed E-state index contributed by atoms with van der Waals surface area (Å²) in [5, 5.41) is 2.79. The largest absolute Gasteiger partial charge is 0.444 e. The average Bonchev–Trinajstić information content (AvgIpc) is 2.98. The van der Waals surface area contributed by atoms with Crippen LogP contribution in [0, 0.1) is 6.92 Å². The first kappa shape index (κ1) is 13.9. The van der Waals surface area contributed by atoms with Crippen molar-refractivity contribution in [1.82, 2.24) is 0 Å². The summed E-state index contributed by atoms with van der Waals surface area (Å²) in [4.78, 5) is 11.8. The summed E-state index contributed by atoms with van der Waals surface area (Å²) in [6.45, 7) is 7.48. The molecule has 0 aliphatic heterocycles. The van der Waals surface area contributed by atoms with Crippen molar-refractivity contribution in [2.45, 2.75) is 51.7 Å². The molecule has 0 heterocycles. The Morgan fingerprint density at radius 2 is 2.00 bits per heavy atom. The second kappa shape index (κ2) is 4.53. The van der Waals surface area contributed by atoms with Crippen molar-refractivity contribution >= 4 is 11.8 Å². The van der Waals surface area contributed by atoms with E-state index in [4.69, 9.17) is 10.5 Å². The molecule has 1 fully saturated rings. The van der Waals surface area contributed by atoms with Crippen molar-refractivity contribution in [2.24, 2.45) is 5.73 Å². The van der Waals surface area contributed by atoms with Gasteiger partial charge < -0.3 is 10.5 Å². The molecule has 0 unspecified atom stereocenters. The van der Waals surface area contributed by atoms with Crippen LogP contribution in [0.1, 0.15) is 44.7 Å². The van der Waals surface area contributed by atoms with Crippen molar-refractivity contribution in [3.63, 3.8) is 0 Å². The van der Waals surface area contributed by atoms with Crippen LogP contribution in [0.3, 0.4) is 0 Å². The number of anilines is 1. The Balaban J connectivity index is 2.13. The molecule has 1 amide bonds. The molecule has 1 saturated carbocycles. The molecule has 0 radical (unpaired) electrons. The highest BCUT2D eigenvalue weighted by Gasteiger charge is 2.40. The summed E-state index contributed by atoms with van der Waals surface area (Å²) >= 11 is 0. The number of aryl methyl sites for hydroxylation is 1. The van der Waals surface area contributed by atoms with Crippen molar-refractivity contribution in [2.75, 3.05) is 5.32 Å². The van der Waals surface area contributed by atoms with Gasteiger partial charge in [0.25, 0.3) is 0 Å². The molecule has 0 bridgehead atoms. The highest BCUT2D eigenvalue weighted by atomic mass is 16.6. The number of nitrogens with one attached hydrogen (secondary N) is 1. The predicted octanol–water partition coefficient (Wildman–Crippen LogP) is 3.29. The molecule has 0 spiro atoms. The number of amides is 1. The van der Waals surface area contributed by atoms with Crippen molar-refractivity contribution in [3.8, 4) is 0 Å². The van der Waals surface area contributed by atoms with E-state index in [9.17, 15) is 4.79 Å². The summed E-state index contributed by atoms with van der Waals surface area (Å²) in [5.41, 5.74) is 8.32. The minimum Gasteiger partial charge on any atom is -0.444 e. The summed E-state index contributed by atoms with van der Waals surface area (Å²) in [6.07, 6.45) is 1.57. The Hall–Kier alpha value is -1.55. The quantitative estimate of drug-likeness (QED) is 0.859. The van der Waals surface area contributed by atoms with E-state index in [-0.39, 0.29) is 5.54 Å². The molecule has 1 aliphatic carbocycles. The Kier molecular flexibility index (Phi) is 3.31. The molecule has 104 valence electrons. The van der Waals surface area contributed by atoms with Gasteiger partial charge in [-0.3, -0.25) is 5.32 Å². The van der Waals surface area contributed by atoms with Crippen LogP contribution in [0.2, 0.25) is 0 Å². The van der Waals surface area contributed by atoms with Crippen LogP contribution in [0.15, 0.2) is 18.2 Å². The van der Waals surface area contributed by atoms with Gasteiger partial charge in [0.15, 0.2) is 0 Å². The lowest BCUT2D eigenvalue weighted by Crippen LogP contribution is -2.27. The predicted molar refractivity (Wildman–Crippen MR) is 76.1 cm³/mol. The molecule has 4 nitrogen and oxygen atoms in total. The second-order valence-electron chi connectivity index (χ2n) is 6.31. The Morgan fingerprint density at radius 3 is 2.53 bits per heavy atom. The van der Waals surface area contributed by atoms with Gasteiger partial charge in [0.2, 0.25) is 0 Å². The molecule has 1 aromatic carbocycles. The van der Waals surface area contributed by atoms with Crippen LogP contribution in [-0.2, 0) is 10.3 Å². The molecule has 1 aromatic rings. The van der Waals surface area contributed by atoms with Crippen LogP contribution >= 0.6 is 0 Å². The number of hydrogen-bond donors (Lipinski definition) is 2. The zero-order valence-corrected chi connectivity index (χ0v) is 12.0. The number of hydrogen-bond acceptors (Lipinski definition) is 3. The van der Waals surface area contributed by atoms with E-state index in [1.807, 2.05) is 45.9 Å². The zero-order chi connectivity index (χ0) is 14.3. The third-order valence-electron chi connectivity index (χ3n) is 3.24. The van der Waals surface area contributed by atoms with E-state index in [1.165, 1.54) is 0 Å². The maximum absolute atomic E-state index is 11.8. The van der Waals surface area contributed by atoms with Gasteiger partial charge in [0, 0.05) is 11.2 Å². The minimum absolute atomic E-state index is 0.196. The van der Waals surface area contributed by atoms with Gasteiger partial charge in [-0.25, -0.2) is 4.79 Å². The highest BCUT2D eigenvalue weighted by molar-refractivity contribution is 5.86. The third-order valence-corrected chi connectivity index (χ3v) is 3.24. The summed E-state index contributed by atoms with van der Waals surface area (Å²) < 4.78 is 5.26. The van der Waals surface area contributed by atoms with Crippen LogP contribution < -0.4 is 11.1 Å². The Labute approximate surface area is 114 Å². The first-order valence-electron chi connectivity index (χ1n) is 6.60. The molecule has 3 N–H and O–H groups in total. The average molecular weight is 262 g/mol. The van der Waals surface area contributed by atoms with Crippen molar-refractivity contribution in [1.29, 1.82) is 0 Å². The maximum atomic E-state index is 11.8. The normalized spacial score (nSPS) is 16.9. The van der Waals surface area contributed by atoms with Gasteiger partial charge in [0.05, 0.1) is 0 Å². The van der Waals surface area contributed by atoms with Gasteiger partial charge in [0.1, 0.15) is 5.60 Å². The molecular weight excluding hydrogens is 240 g/mol. The standard InChI is InChI=1S/C15H22N2O2/c1-10-5-6-11(15(16)7-8-15)9-12(10)17-13(18)19-14(2,3)4/h5-6,9H,7-8,16H2,1-4H3,(H,17,18). The molecule has 4 heteroatoms. The van der Waals surface area contributed by atoms with Crippen LogP contribution in [-0.4, -0.2) is 11.7 Å². The van der Waals surface area contributed by atoms with E-state index in [0.29, 0.717) is 0 Å². The number of benzene rings is 1. The zero-order valence-electron chi connectivity index (χ0n) is 12.0. The molecule has 1 aliphatic rings. The van der Waals surface area contributed by atoms with Crippen molar-refractivity contribution < 1.29 is 9.53 Å². The fraction of sp³-hybridized carbons (Fsp3) is 0.533. The molecule has 0 saturated heterocycles. The van der Waals surface area contributed by atoms with Crippen LogP contribution in [0.25, 0.3) is 0 Å². The summed E-state index contributed by atoms with van der Waals surface area (Å²) in [6, 6.07) is 5.96. The fourth-order valence-electron chi connectivity index (χ4n) is 1.90. The number of carbonyl (C=O) groups excluding carboxylic acids is 1. The van der Waals surface area contributed by atoms with Crippen molar-refractivity contribution in [3.05, 3.63) is 29.3 Å². The minimum atomic E-state index is -0.499. The number of rotatable bonds is 2. The van der Waals surface area contributed by atoms with E-state index in [2.05, 4.69) is 5.32 Å². The SMILES string of the molecule is Cc1ccc(C2(N)CC2)cc1NC(=O)OC(C)(C)C. The monoisotopic (exact) mass is 262 g/mol. The molecule has 0 aromatic heterocycles. The van der Waals surface area contributed by atoms with Gasteiger partial charge in [-0.2, -0.15) is 0 Å². The smallest absolute Gasteiger partial charge is 0.412 e. The maximum Gasteiger partial charge on any atom is 0.412 e. The lowest BCUT2D eigenvalue weighted by Gasteiger charge is -2.21. The molecule has 0 atom stereocenters. The number of carbonyl (C=O) groups is 1. The molecular formula is C15H22N2O2. The lowest BCUT2D eigenvalue weighted by atomic mass is 10.0. The molecule has 19 heavy (non-hydrogen) atoms. The van der Waals surface area contributed by atoms with Crippen LogP contribution in [0.4, 0.5) is 10.5 Å². The van der Waals surface area contributed by atoms with Gasteiger partial charge in [-0.1, -0.05) is 12.1 Å². The van der Waals surface area contributed by atoms with E-state index in [1.54, 1.807) is 0 Å². The molecule has 2 rings (SSSR count). The summed E-state index contributed by atoms with van der Waals surface area (Å²) in [7, 11) is 0. The first-order chi connectivity index (χ1) is 8.70. The van der Waals surface area contributed by atoms with E-state index < -0.39 is 11.7 Å². The Morgan fingerprint density at radius 1 is 1.37 bits per heavy atom.